The first-order chi connectivity index (χ1) is 6.22. The normalized spacial score (nSPS) is 14.8. The second kappa shape index (κ2) is 9.43. The molecule has 1 aliphatic carbocycles. The molecule has 0 N–H and O–H groups in total. The van der Waals surface area contributed by atoms with Gasteiger partial charge in [0.1, 0.15) is 5.83 Å². The molecule has 2 heteroatoms. The first kappa shape index (κ1) is 14.8. The molecule has 0 aliphatic heterocycles. The van der Waals surface area contributed by atoms with Gasteiger partial charge in [0, 0.05) is 6.42 Å². The lowest BCUT2D eigenvalue weighted by atomic mass is 10.1. The fourth-order valence-corrected chi connectivity index (χ4v) is 0.829. The average Bonchev–Trinajstić information content (AvgIpc) is 2.20. The third kappa shape index (κ3) is 5.56. The van der Waals surface area contributed by atoms with Crippen LogP contribution in [0.2, 0.25) is 0 Å². The Bertz CT molecular complexity index is 179. The van der Waals surface area contributed by atoms with Gasteiger partial charge >= 0.3 is 0 Å². The minimum Gasteiger partial charge on any atom is -0.209 e. The molecule has 0 radical (unpaired) electrons. The van der Waals surface area contributed by atoms with Gasteiger partial charge in [-0.15, -0.1) is 0 Å². The Balaban J connectivity index is 0. The van der Waals surface area contributed by atoms with Crippen molar-refractivity contribution in [3.8, 4) is 0 Å². The largest absolute Gasteiger partial charge is 0.209 e. The number of rotatable bonds is 0. The Kier molecular flexibility index (Phi) is 10.8. The first-order valence-corrected chi connectivity index (χ1v) is 4.93. The van der Waals surface area contributed by atoms with E-state index in [-0.39, 0.29) is 6.42 Å². The van der Waals surface area contributed by atoms with Crippen LogP contribution in [0.25, 0.3) is 0 Å². The maximum atomic E-state index is 12.4. The molecule has 0 spiro atoms. The summed E-state index contributed by atoms with van der Waals surface area (Å²) in [6.45, 7) is 9.58. The zero-order valence-corrected chi connectivity index (χ0v) is 9.25. The maximum absolute atomic E-state index is 12.4. The molecule has 78 valence electrons. The van der Waals surface area contributed by atoms with E-state index in [1.54, 1.807) is 13.0 Å². The van der Waals surface area contributed by atoms with Crippen LogP contribution in [0.1, 0.15) is 47.5 Å². The van der Waals surface area contributed by atoms with Gasteiger partial charge in [0.05, 0.1) is 0 Å². The van der Waals surface area contributed by atoms with Crippen LogP contribution in [0.15, 0.2) is 23.3 Å². The van der Waals surface area contributed by atoms with Crippen LogP contribution in [0, 0.1) is 0 Å². The van der Waals surface area contributed by atoms with E-state index in [0.29, 0.717) is 12.0 Å². The fourth-order valence-electron chi connectivity index (χ4n) is 0.829. The predicted octanol–water partition coefficient (Wildman–Crippen LogP) is 4.93. The van der Waals surface area contributed by atoms with Crippen LogP contribution in [0.3, 0.4) is 0 Å². The molecule has 13 heavy (non-hydrogen) atoms. The highest BCUT2D eigenvalue weighted by atomic mass is 19.2. The highest BCUT2D eigenvalue weighted by Crippen LogP contribution is 2.26. The zero-order valence-electron chi connectivity index (χ0n) is 9.25. The SMILES string of the molecule is CC.CC.CC1=CCCC(F)=C1F. The molecule has 0 saturated carbocycles. The standard InChI is InChI=1S/C7H8F2.2C2H6/c1-5-3-2-4-6(8)7(5)9;2*1-2/h3H,2,4H2,1H3;2*1-2H3. The lowest BCUT2D eigenvalue weighted by molar-refractivity contribution is 0.507. The zero-order chi connectivity index (χ0) is 10.9. The molecule has 0 unspecified atom stereocenters. The Morgan fingerprint density at radius 1 is 1.08 bits per heavy atom. The fraction of sp³-hybridized carbons (Fsp3) is 0.636. The number of hydrogen-bond acceptors (Lipinski definition) is 0. The molecule has 1 aliphatic rings. The molecule has 0 atom stereocenters. The van der Waals surface area contributed by atoms with Crippen molar-refractivity contribution in [3.63, 3.8) is 0 Å². The highest BCUT2D eigenvalue weighted by Gasteiger charge is 2.11. The molecular weight excluding hydrogens is 170 g/mol. The lowest BCUT2D eigenvalue weighted by Crippen LogP contribution is -1.90. The van der Waals surface area contributed by atoms with Crippen molar-refractivity contribution >= 4 is 0 Å². The summed E-state index contributed by atoms with van der Waals surface area (Å²) in [6.07, 6.45) is 2.56. The quantitative estimate of drug-likeness (QED) is 0.508. The summed E-state index contributed by atoms with van der Waals surface area (Å²) in [6, 6.07) is 0. The molecular formula is C11H20F2. The molecule has 0 heterocycles. The van der Waals surface area contributed by atoms with Crippen molar-refractivity contribution in [1.29, 1.82) is 0 Å². The van der Waals surface area contributed by atoms with E-state index < -0.39 is 11.7 Å². The van der Waals surface area contributed by atoms with Crippen LogP contribution < -0.4 is 0 Å². The van der Waals surface area contributed by atoms with Crippen molar-refractivity contribution in [2.24, 2.45) is 0 Å². The molecule has 0 bridgehead atoms. The second-order valence-corrected chi connectivity index (χ2v) is 2.14. The van der Waals surface area contributed by atoms with Crippen LogP contribution in [0.5, 0.6) is 0 Å². The van der Waals surface area contributed by atoms with Crippen LogP contribution in [-0.4, -0.2) is 0 Å². The topological polar surface area (TPSA) is 0 Å². The Morgan fingerprint density at radius 2 is 1.54 bits per heavy atom. The van der Waals surface area contributed by atoms with E-state index in [0.717, 1.165) is 0 Å². The van der Waals surface area contributed by atoms with Crippen LogP contribution in [-0.2, 0) is 0 Å². The molecule has 0 nitrogen and oxygen atoms in total. The first-order valence-electron chi connectivity index (χ1n) is 4.93. The summed E-state index contributed by atoms with van der Waals surface area (Å²) in [5.74, 6) is -1.27. The van der Waals surface area contributed by atoms with E-state index in [1.165, 1.54) is 0 Å². The van der Waals surface area contributed by atoms with Crippen LogP contribution >= 0.6 is 0 Å². The van der Waals surface area contributed by atoms with Gasteiger partial charge in [0.25, 0.3) is 0 Å². The molecule has 0 fully saturated rings. The average molecular weight is 190 g/mol. The molecule has 0 aromatic heterocycles. The van der Waals surface area contributed by atoms with Crippen molar-refractivity contribution in [1.82, 2.24) is 0 Å². The Labute approximate surface area is 80.3 Å². The van der Waals surface area contributed by atoms with E-state index in [9.17, 15) is 8.78 Å². The van der Waals surface area contributed by atoms with Crippen molar-refractivity contribution < 1.29 is 8.78 Å². The summed E-state index contributed by atoms with van der Waals surface area (Å²) in [5, 5.41) is 0. The summed E-state index contributed by atoms with van der Waals surface area (Å²) in [7, 11) is 0. The van der Waals surface area contributed by atoms with E-state index in [2.05, 4.69) is 0 Å². The summed E-state index contributed by atoms with van der Waals surface area (Å²) in [4.78, 5) is 0. The van der Waals surface area contributed by atoms with Gasteiger partial charge in [0.15, 0.2) is 5.83 Å². The summed E-state index contributed by atoms with van der Waals surface area (Å²) in [5.41, 5.74) is 0.429. The van der Waals surface area contributed by atoms with Gasteiger partial charge in [-0.2, -0.15) is 0 Å². The molecule has 0 aromatic carbocycles. The minimum atomic E-state index is -0.666. The van der Waals surface area contributed by atoms with Gasteiger partial charge in [-0.25, -0.2) is 8.78 Å². The van der Waals surface area contributed by atoms with Gasteiger partial charge in [-0.1, -0.05) is 33.8 Å². The van der Waals surface area contributed by atoms with E-state index in [4.69, 9.17) is 0 Å². The third-order valence-corrected chi connectivity index (χ3v) is 1.40. The number of hydrogen-bond donors (Lipinski definition) is 0. The Morgan fingerprint density at radius 3 is 1.85 bits per heavy atom. The number of halogens is 2. The van der Waals surface area contributed by atoms with Gasteiger partial charge in [0.2, 0.25) is 0 Å². The monoisotopic (exact) mass is 190 g/mol. The molecule has 0 aromatic rings. The predicted molar refractivity (Wildman–Crippen MR) is 54.9 cm³/mol. The van der Waals surface area contributed by atoms with Crippen molar-refractivity contribution in [2.75, 3.05) is 0 Å². The molecule has 0 amide bonds. The molecule has 0 saturated heterocycles. The molecule has 1 rings (SSSR count). The van der Waals surface area contributed by atoms with Gasteiger partial charge in [-0.05, 0) is 18.9 Å². The summed E-state index contributed by atoms with van der Waals surface area (Å²) < 4.78 is 24.7. The highest BCUT2D eigenvalue weighted by molar-refractivity contribution is 5.28. The van der Waals surface area contributed by atoms with Crippen molar-refractivity contribution in [2.45, 2.75) is 47.5 Å². The van der Waals surface area contributed by atoms with E-state index in [1.807, 2.05) is 27.7 Å². The van der Waals surface area contributed by atoms with Gasteiger partial charge in [-0.3, -0.25) is 0 Å². The van der Waals surface area contributed by atoms with Crippen molar-refractivity contribution in [3.05, 3.63) is 23.3 Å². The van der Waals surface area contributed by atoms with E-state index >= 15 is 0 Å². The third-order valence-electron chi connectivity index (χ3n) is 1.40. The van der Waals surface area contributed by atoms with Crippen LogP contribution in [0.4, 0.5) is 8.78 Å². The van der Waals surface area contributed by atoms with Gasteiger partial charge < -0.3 is 0 Å². The maximum Gasteiger partial charge on any atom is 0.157 e. The summed E-state index contributed by atoms with van der Waals surface area (Å²) >= 11 is 0. The second-order valence-electron chi connectivity index (χ2n) is 2.14. The Hall–Kier alpha value is -0.660. The minimum absolute atomic E-state index is 0.225. The number of allylic oxidation sites excluding steroid dienone is 4. The lowest BCUT2D eigenvalue weighted by Gasteiger charge is -2.05. The smallest absolute Gasteiger partial charge is 0.157 e.